The Morgan fingerprint density at radius 2 is 1.93 bits per heavy atom. The van der Waals surface area contributed by atoms with Crippen molar-refractivity contribution in [2.75, 3.05) is 0 Å². The van der Waals surface area contributed by atoms with Crippen molar-refractivity contribution in [1.29, 1.82) is 0 Å². The zero-order valence-corrected chi connectivity index (χ0v) is 8.46. The van der Waals surface area contributed by atoms with Crippen molar-refractivity contribution in [2.24, 2.45) is 11.1 Å². The molecule has 0 saturated heterocycles. The van der Waals surface area contributed by atoms with Gasteiger partial charge in [0.15, 0.2) is 0 Å². The van der Waals surface area contributed by atoms with Crippen LogP contribution in [-0.4, -0.2) is 25.5 Å². The Kier molecular flexibility index (Phi) is 3.46. The predicted octanol–water partition coefficient (Wildman–Crippen LogP) is -0.577. The fraction of sp³-hybridized carbons (Fsp3) is 0.857. The molecule has 0 aromatic heterocycles. The van der Waals surface area contributed by atoms with E-state index in [9.17, 15) is 13.2 Å². The molecule has 1 saturated carbocycles. The molecule has 2 unspecified atom stereocenters. The summed E-state index contributed by atoms with van der Waals surface area (Å²) in [6.45, 7) is 0. The van der Waals surface area contributed by atoms with Crippen LogP contribution in [0.15, 0.2) is 0 Å². The van der Waals surface area contributed by atoms with E-state index in [1.165, 1.54) is 0 Å². The molecule has 4 N–H and O–H groups in total. The number of carbonyl (C=O) groups is 1. The number of rotatable bonds is 3. The van der Waals surface area contributed by atoms with E-state index in [0.29, 0.717) is 12.8 Å². The molecule has 1 aliphatic carbocycles. The highest BCUT2D eigenvalue weighted by atomic mass is 32.2. The van der Waals surface area contributed by atoms with Gasteiger partial charge in [0, 0.05) is 6.04 Å². The summed E-state index contributed by atoms with van der Waals surface area (Å²) in [5.74, 6) is -1.62. The summed E-state index contributed by atoms with van der Waals surface area (Å²) in [5, 5.41) is 13.6. The molecule has 0 bridgehead atoms. The number of nitrogens with two attached hydrogens (primary N) is 1. The molecule has 14 heavy (non-hydrogen) atoms. The number of carboxylic acids is 1. The van der Waals surface area contributed by atoms with Gasteiger partial charge < -0.3 is 5.11 Å². The van der Waals surface area contributed by atoms with Gasteiger partial charge in [-0.25, -0.2) is 5.14 Å². The van der Waals surface area contributed by atoms with Crippen molar-refractivity contribution in [3.8, 4) is 0 Å². The number of aliphatic carboxylic acids is 1. The van der Waals surface area contributed by atoms with E-state index in [-0.39, 0.29) is 0 Å². The predicted molar refractivity (Wildman–Crippen MR) is 49.6 cm³/mol. The first-order valence-electron chi connectivity index (χ1n) is 4.43. The van der Waals surface area contributed by atoms with E-state index in [2.05, 4.69) is 4.72 Å². The first-order chi connectivity index (χ1) is 6.40. The molecule has 0 heterocycles. The number of hydrogen-bond donors (Lipinski definition) is 3. The molecule has 7 heteroatoms. The van der Waals surface area contributed by atoms with Gasteiger partial charge >= 0.3 is 5.97 Å². The van der Waals surface area contributed by atoms with E-state index in [1.807, 2.05) is 0 Å². The van der Waals surface area contributed by atoms with Crippen LogP contribution < -0.4 is 9.86 Å². The molecular weight excluding hydrogens is 208 g/mol. The van der Waals surface area contributed by atoms with Crippen molar-refractivity contribution in [1.82, 2.24) is 4.72 Å². The number of nitrogens with one attached hydrogen (secondary N) is 1. The van der Waals surface area contributed by atoms with E-state index in [4.69, 9.17) is 10.2 Å². The summed E-state index contributed by atoms with van der Waals surface area (Å²) in [4.78, 5) is 10.8. The SMILES string of the molecule is NS(=O)(=O)NC1CCCCC1C(=O)O. The van der Waals surface area contributed by atoms with Gasteiger partial charge in [0.25, 0.3) is 10.2 Å². The Morgan fingerprint density at radius 1 is 1.36 bits per heavy atom. The van der Waals surface area contributed by atoms with Crippen LogP contribution in [0.5, 0.6) is 0 Å². The number of carboxylic acid groups (broad SMARTS) is 1. The zero-order valence-electron chi connectivity index (χ0n) is 7.64. The third-order valence-electron chi connectivity index (χ3n) is 2.40. The fourth-order valence-corrected chi connectivity index (χ4v) is 2.48. The largest absolute Gasteiger partial charge is 0.481 e. The van der Waals surface area contributed by atoms with Gasteiger partial charge in [0.05, 0.1) is 5.92 Å². The van der Waals surface area contributed by atoms with Crippen LogP contribution in [0.4, 0.5) is 0 Å². The molecule has 0 radical (unpaired) electrons. The smallest absolute Gasteiger partial charge is 0.308 e. The minimum Gasteiger partial charge on any atom is -0.481 e. The lowest BCUT2D eigenvalue weighted by Crippen LogP contribution is -2.47. The second-order valence-corrected chi connectivity index (χ2v) is 4.82. The van der Waals surface area contributed by atoms with Crippen molar-refractivity contribution in [3.05, 3.63) is 0 Å². The molecule has 0 aromatic carbocycles. The highest BCUT2D eigenvalue weighted by molar-refractivity contribution is 7.87. The highest BCUT2D eigenvalue weighted by Gasteiger charge is 2.32. The first-order valence-corrected chi connectivity index (χ1v) is 5.97. The number of hydrogen-bond acceptors (Lipinski definition) is 3. The van der Waals surface area contributed by atoms with Crippen molar-refractivity contribution in [2.45, 2.75) is 31.7 Å². The molecular formula is C7H14N2O4S. The van der Waals surface area contributed by atoms with Crippen molar-refractivity contribution < 1.29 is 18.3 Å². The fourth-order valence-electron chi connectivity index (χ4n) is 1.78. The minimum atomic E-state index is -3.80. The van der Waals surface area contributed by atoms with Gasteiger partial charge in [-0.05, 0) is 12.8 Å². The summed E-state index contributed by atoms with van der Waals surface area (Å²) in [6, 6.07) is -0.559. The monoisotopic (exact) mass is 222 g/mol. The molecule has 6 nitrogen and oxygen atoms in total. The minimum absolute atomic E-state index is 0.502. The van der Waals surface area contributed by atoms with Gasteiger partial charge in [-0.3, -0.25) is 4.79 Å². The van der Waals surface area contributed by atoms with Crippen LogP contribution >= 0.6 is 0 Å². The Hall–Kier alpha value is -0.660. The van der Waals surface area contributed by atoms with Gasteiger partial charge in [0.2, 0.25) is 0 Å². The van der Waals surface area contributed by atoms with Crippen molar-refractivity contribution in [3.63, 3.8) is 0 Å². The van der Waals surface area contributed by atoms with Crippen LogP contribution in [-0.2, 0) is 15.0 Å². The summed E-state index contributed by atoms with van der Waals surface area (Å²) < 4.78 is 23.6. The summed E-state index contributed by atoms with van der Waals surface area (Å²) >= 11 is 0. The molecule has 0 spiro atoms. The Labute approximate surface area is 82.7 Å². The Bertz CT molecular complexity index is 314. The molecule has 1 fully saturated rings. The van der Waals surface area contributed by atoms with Gasteiger partial charge in [-0.2, -0.15) is 13.1 Å². The highest BCUT2D eigenvalue weighted by Crippen LogP contribution is 2.24. The normalized spacial score (nSPS) is 28.6. The van der Waals surface area contributed by atoms with E-state index < -0.39 is 28.1 Å². The summed E-state index contributed by atoms with van der Waals surface area (Å²) in [5.41, 5.74) is 0. The standard InChI is InChI=1S/C7H14N2O4S/c8-14(12,13)9-6-4-2-1-3-5(6)7(10)11/h5-6,9H,1-4H2,(H,10,11)(H2,8,12,13). The van der Waals surface area contributed by atoms with Crippen LogP contribution in [0, 0.1) is 5.92 Å². The quantitative estimate of drug-likeness (QED) is 0.593. The van der Waals surface area contributed by atoms with Crippen LogP contribution in [0.25, 0.3) is 0 Å². The topological polar surface area (TPSA) is 109 Å². The van der Waals surface area contributed by atoms with E-state index in [1.54, 1.807) is 0 Å². The van der Waals surface area contributed by atoms with Crippen LogP contribution in [0.2, 0.25) is 0 Å². The molecule has 0 aromatic rings. The zero-order chi connectivity index (χ0) is 10.8. The first kappa shape index (κ1) is 11.4. The lowest BCUT2D eigenvalue weighted by atomic mass is 9.85. The van der Waals surface area contributed by atoms with Crippen molar-refractivity contribution >= 4 is 16.2 Å². The average molecular weight is 222 g/mol. The van der Waals surface area contributed by atoms with Crippen LogP contribution in [0.1, 0.15) is 25.7 Å². The summed E-state index contributed by atoms with van der Waals surface area (Å²) in [7, 11) is -3.80. The average Bonchev–Trinajstić information content (AvgIpc) is 2.01. The third-order valence-corrected chi connectivity index (χ3v) is 3.03. The summed E-state index contributed by atoms with van der Waals surface area (Å²) in [6.07, 6.45) is 2.69. The maximum atomic E-state index is 10.8. The van der Waals surface area contributed by atoms with Crippen LogP contribution in [0.3, 0.4) is 0 Å². The van der Waals surface area contributed by atoms with Gasteiger partial charge in [-0.15, -0.1) is 0 Å². The molecule has 0 aliphatic heterocycles. The third kappa shape index (κ3) is 3.24. The maximum Gasteiger partial charge on any atom is 0.308 e. The second kappa shape index (κ2) is 4.24. The maximum absolute atomic E-state index is 10.8. The lowest BCUT2D eigenvalue weighted by Gasteiger charge is -2.28. The molecule has 0 amide bonds. The molecule has 1 aliphatic rings. The van der Waals surface area contributed by atoms with Gasteiger partial charge in [0.1, 0.15) is 0 Å². The second-order valence-electron chi connectivity index (χ2n) is 3.50. The van der Waals surface area contributed by atoms with E-state index in [0.717, 1.165) is 12.8 Å². The van der Waals surface area contributed by atoms with Gasteiger partial charge in [-0.1, -0.05) is 12.8 Å². The molecule has 82 valence electrons. The lowest BCUT2D eigenvalue weighted by molar-refractivity contribution is -0.143. The Morgan fingerprint density at radius 3 is 2.43 bits per heavy atom. The molecule has 1 rings (SSSR count). The molecule has 2 atom stereocenters. The Balaban J connectivity index is 2.68. The van der Waals surface area contributed by atoms with E-state index >= 15 is 0 Å².